The quantitative estimate of drug-likeness (QED) is 0.321. The Morgan fingerprint density at radius 1 is 1.35 bits per heavy atom. The third-order valence-electron chi connectivity index (χ3n) is 3.41. The maximum Gasteiger partial charge on any atom is 0.142 e. The second kappa shape index (κ2) is 4.61. The highest BCUT2D eigenvalue weighted by Gasteiger charge is 2.32. The van der Waals surface area contributed by atoms with Gasteiger partial charge in [-0.3, -0.25) is 0 Å². The van der Waals surface area contributed by atoms with E-state index in [1.165, 1.54) is 6.07 Å². The van der Waals surface area contributed by atoms with Crippen LogP contribution in [0.25, 0.3) is 0 Å². The van der Waals surface area contributed by atoms with Crippen molar-refractivity contribution >= 4 is 31.9 Å². The van der Waals surface area contributed by atoms with E-state index < -0.39 is 0 Å². The minimum atomic E-state index is -0.332. The van der Waals surface area contributed by atoms with Crippen molar-refractivity contribution in [3.8, 4) is 0 Å². The Hall–Kier alpha value is 0.0400. The summed E-state index contributed by atoms with van der Waals surface area (Å²) in [5.41, 5.74) is 1.11. The normalized spacial score (nSPS) is 23.1. The van der Waals surface area contributed by atoms with Crippen molar-refractivity contribution in [3.05, 3.63) is 33.3 Å². The Morgan fingerprint density at radius 2 is 2.00 bits per heavy atom. The molecule has 0 radical (unpaired) electrons. The topological polar surface area (TPSA) is 0 Å². The van der Waals surface area contributed by atoms with Gasteiger partial charge >= 0.3 is 0 Å². The van der Waals surface area contributed by atoms with Gasteiger partial charge < -0.3 is 0 Å². The van der Waals surface area contributed by atoms with Crippen molar-refractivity contribution in [3.63, 3.8) is 0 Å². The van der Waals surface area contributed by atoms with Crippen LogP contribution in [0, 0.1) is 17.0 Å². The molecule has 0 N–H and O–H groups in total. The summed E-state index contributed by atoms with van der Waals surface area (Å²) in [5, 5.41) is 0. The number of hydrogen-bond acceptors (Lipinski definition) is 0. The first-order valence-corrected chi connectivity index (χ1v) is 7.33. The number of alkyl halides is 1. The summed E-state index contributed by atoms with van der Waals surface area (Å²) in [6.07, 6.45) is 2.29. The molecular formula is C13H14Br2F2. The van der Waals surface area contributed by atoms with Crippen LogP contribution in [0.2, 0.25) is 0 Å². The highest BCUT2D eigenvalue weighted by molar-refractivity contribution is 9.10. The van der Waals surface area contributed by atoms with Gasteiger partial charge in [0, 0.05) is 10.4 Å². The molecule has 0 aromatic heterocycles. The van der Waals surface area contributed by atoms with Gasteiger partial charge in [-0.05, 0) is 52.2 Å². The van der Waals surface area contributed by atoms with Crippen LogP contribution in [-0.4, -0.2) is 0 Å². The summed E-state index contributed by atoms with van der Waals surface area (Å²) in [4.78, 5) is -0.123. The number of fused-ring (bicyclic) bond motifs is 1. The van der Waals surface area contributed by atoms with Crippen LogP contribution in [0.5, 0.6) is 0 Å². The largest absolute Gasteiger partial charge is 0.207 e. The predicted molar refractivity (Wildman–Crippen MR) is 72.4 cm³/mol. The van der Waals surface area contributed by atoms with Gasteiger partial charge in [-0.1, -0.05) is 29.8 Å². The highest BCUT2D eigenvalue weighted by atomic mass is 79.9. The summed E-state index contributed by atoms with van der Waals surface area (Å²) in [6.45, 7) is 4.27. The molecule has 0 fully saturated rings. The predicted octanol–water partition coefficient (Wildman–Crippen LogP) is 5.53. The monoisotopic (exact) mass is 366 g/mol. The fourth-order valence-electron chi connectivity index (χ4n) is 2.38. The Bertz CT molecular complexity index is 455. The van der Waals surface area contributed by atoms with E-state index in [9.17, 15) is 8.78 Å². The van der Waals surface area contributed by atoms with Gasteiger partial charge in [-0.15, -0.1) is 0 Å². The van der Waals surface area contributed by atoms with Gasteiger partial charge in [-0.25, -0.2) is 8.78 Å². The molecule has 0 saturated heterocycles. The van der Waals surface area contributed by atoms with E-state index in [2.05, 4.69) is 45.7 Å². The van der Waals surface area contributed by atoms with Crippen molar-refractivity contribution in [1.82, 2.24) is 0 Å². The fourth-order valence-corrected chi connectivity index (χ4v) is 4.15. The average molecular weight is 368 g/mol. The molecule has 17 heavy (non-hydrogen) atoms. The van der Waals surface area contributed by atoms with E-state index in [1.54, 1.807) is 0 Å². The van der Waals surface area contributed by atoms with Crippen molar-refractivity contribution in [2.45, 2.75) is 37.9 Å². The zero-order chi connectivity index (χ0) is 12.8. The molecule has 2 rings (SSSR count). The first-order chi connectivity index (χ1) is 7.82. The van der Waals surface area contributed by atoms with Gasteiger partial charge in [0.15, 0.2) is 0 Å². The number of halogens is 4. The Labute approximate surface area is 117 Å². The van der Waals surface area contributed by atoms with E-state index in [0.29, 0.717) is 17.5 Å². The van der Waals surface area contributed by atoms with E-state index in [4.69, 9.17) is 0 Å². The first-order valence-electron chi connectivity index (χ1n) is 5.62. The van der Waals surface area contributed by atoms with Crippen LogP contribution in [0.1, 0.15) is 42.6 Å². The van der Waals surface area contributed by atoms with Crippen LogP contribution < -0.4 is 0 Å². The minimum Gasteiger partial charge on any atom is -0.207 e. The number of rotatable bonds is 0. The van der Waals surface area contributed by atoms with E-state index >= 15 is 0 Å². The molecule has 0 aliphatic heterocycles. The SMILES string of the molecule is CC1(C)CCc2c(F)cc(Br)c(F)c2C(Br)C1. The second-order valence-electron chi connectivity index (χ2n) is 5.38. The smallest absolute Gasteiger partial charge is 0.142 e. The second-order valence-corrected chi connectivity index (χ2v) is 7.34. The molecule has 1 aliphatic rings. The molecule has 0 bridgehead atoms. The molecule has 1 aliphatic carbocycles. The molecular weight excluding hydrogens is 354 g/mol. The van der Waals surface area contributed by atoms with Gasteiger partial charge in [-0.2, -0.15) is 0 Å². The van der Waals surface area contributed by atoms with Crippen LogP contribution >= 0.6 is 31.9 Å². The molecule has 1 unspecified atom stereocenters. The maximum atomic E-state index is 14.1. The fraction of sp³-hybridized carbons (Fsp3) is 0.538. The lowest BCUT2D eigenvalue weighted by atomic mass is 9.84. The molecule has 0 heterocycles. The zero-order valence-electron chi connectivity index (χ0n) is 9.79. The van der Waals surface area contributed by atoms with E-state index in [0.717, 1.165) is 12.8 Å². The molecule has 0 spiro atoms. The van der Waals surface area contributed by atoms with Crippen molar-refractivity contribution in [2.75, 3.05) is 0 Å². The van der Waals surface area contributed by atoms with E-state index in [-0.39, 0.29) is 26.3 Å². The molecule has 0 nitrogen and oxygen atoms in total. The first kappa shape index (κ1) is 13.5. The molecule has 0 saturated carbocycles. The molecule has 1 atom stereocenters. The van der Waals surface area contributed by atoms with Crippen molar-refractivity contribution in [2.24, 2.45) is 5.41 Å². The summed E-state index contributed by atoms with van der Waals surface area (Å²) < 4.78 is 28.2. The average Bonchev–Trinajstić information content (AvgIpc) is 2.31. The summed E-state index contributed by atoms with van der Waals surface area (Å²) in [6, 6.07) is 1.23. The minimum absolute atomic E-state index is 0.0958. The maximum absolute atomic E-state index is 14.1. The Balaban J connectivity index is 2.59. The van der Waals surface area contributed by atoms with Crippen LogP contribution in [0.3, 0.4) is 0 Å². The highest BCUT2D eigenvalue weighted by Crippen LogP contribution is 2.46. The summed E-state index contributed by atoms with van der Waals surface area (Å²) in [5.74, 6) is -0.642. The van der Waals surface area contributed by atoms with E-state index in [1.807, 2.05) is 0 Å². The third kappa shape index (κ3) is 2.58. The Morgan fingerprint density at radius 3 is 2.65 bits per heavy atom. The summed E-state index contributed by atoms with van der Waals surface area (Å²) in [7, 11) is 0. The lowest BCUT2D eigenvalue weighted by Crippen LogP contribution is -2.11. The van der Waals surface area contributed by atoms with Crippen molar-refractivity contribution in [1.29, 1.82) is 0 Å². The molecule has 1 aromatic carbocycles. The molecule has 4 heteroatoms. The molecule has 94 valence electrons. The summed E-state index contributed by atoms with van der Waals surface area (Å²) >= 11 is 6.58. The molecule has 1 aromatic rings. The standard InChI is InChI=1S/C13H14Br2F2/c1-13(2)4-3-7-10(16)5-8(14)12(17)11(7)9(15)6-13/h5,9H,3-4,6H2,1-2H3. The number of hydrogen-bond donors (Lipinski definition) is 0. The van der Waals surface area contributed by atoms with Crippen LogP contribution in [-0.2, 0) is 6.42 Å². The lowest BCUT2D eigenvalue weighted by molar-refractivity contribution is 0.315. The number of benzene rings is 1. The van der Waals surface area contributed by atoms with Gasteiger partial charge in [0.25, 0.3) is 0 Å². The van der Waals surface area contributed by atoms with Gasteiger partial charge in [0.2, 0.25) is 0 Å². The van der Waals surface area contributed by atoms with Crippen LogP contribution in [0.4, 0.5) is 8.78 Å². The van der Waals surface area contributed by atoms with Crippen LogP contribution in [0.15, 0.2) is 10.5 Å². The van der Waals surface area contributed by atoms with Crippen molar-refractivity contribution < 1.29 is 8.78 Å². The Kier molecular flexibility index (Phi) is 3.66. The lowest BCUT2D eigenvalue weighted by Gasteiger charge is -2.24. The van der Waals surface area contributed by atoms with Gasteiger partial charge in [0.05, 0.1) is 4.47 Å². The zero-order valence-corrected chi connectivity index (χ0v) is 13.0. The molecule has 0 amide bonds. The third-order valence-corrected chi connectivity index (χ3v) is 4.77. The van der Waals surface area contributed by atoms with Gasteiger partial charge in [0.1, 0.15) is 11.6 Å².